The molecular weight excluding hydrogens is 359 g/mol. The molecule has 4 rings (SSSR count). The zero-order valence-electron chi connectivity index (χ0n) is 13.7. The van der Waals surface area contributed by atoms with E-state index in [9.17, 15) is 18.0 Å². The van der Waals surface area contributed by atoms with Gasteiger partial charge in [-0.15, -0.1) is 0 Å². The van der Waals surface area contributed by atoms with E-state index in [4.69, 9.17) is 0 Å². The van der Waals surface area contributed by atoms with Crippen molar-refractivity contribution in [3.05, 3.63) is 76.6 Å². The molecule has 0 saturated carbocycles. The van der Waals surface area contributed by atoms with Gasteiger partial charge in [-0.2, -0.15) is 23.4 Å². The van der Waals surface area contributed by atoms with Gasteiger partial charge in [-0.05, 0) is 35.9 Å². The smallest absolute Gasteiger partial charge is 0.290 e. The number of fused-ring (bicyclic) bond motifs is 1. The highest BCUT2D eigenvalue weighted by Gasteiger charge is 2.30. The molecule has 136 valence electrons. The van der Waals surface area contributed by atoms with Gasteiger partial charge in [0.2, 0.25) is 0 Å². The number of nitrogens with zero attached hydrogens (tertiary/aromatic N) is 4. The van der Waals surface area contributed by atoms with Crippen molar-refractivity contribution in [2.75, 3.05) is 0 Å². The summed E-state index contributed by atoms with van der Waals surface area (Å²) in [5, 5.41) is 7.73. The van der Waals surface area contributed by atoms with E-state index < -0.39 is 11.7 Å². The van der Waals surface area contributed by atoms with Gasteiger partial charge in [0.15, 0.2) is 5.65 Å². The molecule has 6 nitrogen and oxygen atoms in total. The van der Waals surface area contributed by atoms with Gasteiger partial charge in [-0.3, -0.25) is 9.55 Å². The molecule has 9 heteroatoms. The molecule has 0 aliphatic carbocycles. The fraction of sp³-hybridized carbons (Fsp3) is 0.111. The standard InChI is InChI=1S/C18H12F3N5O/c19-18(20,21)13-4-1-3-11(7-13)12-8-15-16(22-9-12)24-17(27)26(15)10-14-5-2-6-23-25-14/h1-9H,10H2,(H,22,24,27). The number of rotatable bonds is 3. The maximum atomic E-state index is 13.0. The Morgan fingerprint density at radius 3 is 2.67 bits per heavy atom. The van der Waals surface area contributed by atoms with Crippen molar-refractivity contribution in [3.63, 3.8) is 0 Å². The fourth-order valence-corrected chi connectivity index (χ4v) is 2.80. The molecule has 0 aliphatic rings. The molecule has 0 atom stereocenters. The molecule has 0 spiro atoms. The van der Waals surface area contributed by atoms with Crippen LogP contribution in [0.3, 0.4) is 0 Å². The zero-order chi connectivity index (χ0) is 19.0. The van der Waals surface area contributed by atoms with E-state index in [1.165, 1.54) is 23.0 Å². The van der Waals surface area contributed by atoms with Crippen LogP contribution in [0.4, 0.5) is 13.2 Å². The van der Waals surface area contributed by atoms with Crippen molar-refractivity contribution in [2.24, 2.45) is 0 Å². The Bertz CT molecular complexity index is 1170. The van der Waals surface area contributed by atoms with E-state index in [-0.39, 0.29) is 12.2 Å². The van der Waals surface area contributed by atoms with Crippen LogP contribution in [0.15, 0.2) is 59.7 Å². The number of aromatic nitrogens is 5. The predicted molar refractivity (Wildman–Crippen MR) is 91.9 cm³/mol. The van der Waals surface area contributed by atoms with Crippen LogP contribution >= 0.6 is 0 Å². The first-order chi connectivity index (χ1) is 12.9. The molecule has 3 heterocycles. The summed E-state index contributed by atoms with van der Waals surface area (Å²) in [5.74, 6) is 0. The van der Waals surface area contributed by atoms with Gasteiger partial charge < -0.3 is 0 Å². The number of hydrogen-bond acceptors (Lipinski definition) is 4. The molecule has 0 fully saturated rings. The number of imidazole rings is 1. The lowest BCUT2D eigenvalue weighted by molar-refractivity contribution is -0.137. The van der Waals surface area contributed by atoms with Crippen molar-refractivity contribution in [1.29, 1.82) is 0 Å². The molecule has 1 N–H and O–H groups in total. The third-order valence-corrected chi connectivity index (χ3v) is 4.10. The molecule has 1 aromatic carbocycles. The van der Waals surface area contributed by atoms with Crippen LogP contribution in [0, 0.1) is 0 Å². The highest BCUT2D eigenvalue weighted by molar-refractivity contribution is 5.78. The van der Waals surface area contributed by atoms with Crippen LogP contribution in [-0.2, 0) is 12.7 Å². The van der Waals surface area contributed by atoms with E-state index >= 15 is 0 Å². The van der Waals surface area contributed by atoms with Crippen LogP contribution in [0.5, 0.6) is 0 Å². The quantitative estimate of drug-likeness (QED) is 0.600. The van der Waals surface area contributed by atoms with Crippen LogP contribution in [0.2, 0.25) is 0 Å². The Kier molecular flexibility index (Phi) is 3.98. The zero-order valence-corrected chi connectivity index (χ0v) is 13.7. The van der Waals surface area contributed by atoms with Crippen molar-refractivity contribution < 1.29 is 13.2 Å². The molecule has 3 aromatic heterocycles. The Morgan fingerprint density at radius 2 is 1.93 bits per heavy atom. The maximum Gasteiger partial charge on any atom is 0.416 e. The van der Waals surface area contributed by atoms with E-state index in [1.54, 1.807) is 24.3 Å². The first kappa shape index (κ1) is 17.0. The lowest BCUT2D eigenvalue weighted by Gasteiger charge is -2.09. The Labute approximate surface area is 150 Å². The largest absolute Gasteiger partial charge is 0.416 e. The summed E-state index contributed by atoms with van der Waals surface area (Å²) < 4.78 is 40.3. The highest BCUT2D eigenvalue weighted by Crippen LogP contribution is 2.32. The van der Waals surface area contributed by atoms with Crippen LogP contribution < -0.4 is 5.69 Å². The highest BCUT2D eigenvalue weighted by atomic mass is 19.4. The van der Waals surface area contributed by atoms with E-state index in [1.807, 2.05) is 0 Å². The van der Waals surface area contributed by atoms with Gasteiger partial charge in [0, 0.05) is 18.0 Å². The summed E-state index contributed by atoms with van der Waals surface area (Å²) in [6.45, 7) is 0.167. The van der Waals surface area contributed by atoms with Crippen LogP contribution in [0.25, 0.3) is 22.3 Å². The first-order valence-electron chi connectivity index (χ1n) is 7.94. The SMILES string of the molecule is O=c1[nH]c2ncc(-c3cccc(C(F)(F)F)c3)cc2n1Cc1cccnn1. The number of nitrogens with one attached hydrogen (secondary N) is 1. The second-order valence-electron chi connectivity index (χ2n) is 5.90. The van der Waals surface area contributed by atoms with Gasteiger partial charge in [-0.1, -0.05) is 12.1 Å². The number of aromatic amines is 1. The van der Waals surface area contributed by atoms with E-state index in [0.29, 0.717) is 28.0 Å². The first-order valence-corrected chi connectivity index (χ1v) is 7.94. The van der Waals surface area contributed by atoms with Gasteiger partial charge in [0.25, 0.3) is 0 Å². The Hall–Kier alpha value is -3.49. The minimum absolute atomic E-state index is 0.167. The monoisotopic (exact) mass is 371 g/mol. The number of benzene rings is 1. The van der Waals surface area contributed by atoms with Gasteiger partial charge in [-0.25, -0.2) is 9.78 Å². The average molecular weight is 371 g/mol. The van der Waals surface area contributed by atoms with E-state index in [0.717, 1.165) is 12.1 Å². The molecule has 0 radical (unpaired) electrons. The molecule has 27 heavy (non-hydrogen) atoms. The van der Waals surface area contributed by atoms with Crippen LogP contribution in [-0.4, -0.2) is 24.7 Å². The number of hydrogen-bond donors (Lipinski definition) is 1. The maximum absolute atomic E-state index is 13.0. The number of halogens is 3. The average Bonchev–Trinajstić information content (AvgIpc) is 2.97. The summed E-state index contributed by atoms with van der Waals surface area (Å²) in [4.78, 5) is 19.1. The topological polar surface area (TPSA) is 76.5 Å². The second-order valence-corrected chi connectivity index (χ2v) is 5.90. The van der Waals surface area contributed by atoms with E-state index in [2.05, 4.69) is 20.2 Å². The molecule has 0 saturated heterocycles. The van der Waals surface area contributed by atoms with Crippen molar-refractivity contribution in [1.82, 2.24) is 24.7 Å². The minimum Gasteiger partial charge on any atom is -0.290 e. The number of pyridine rings is 1. The van der Waals surface area contributed by atoms with Crippen molar-refractivity contribution >= 4 is 11.2 Å². The number of alkyl halides is 3. The second kappa shape index (κ2) is 6.35. The van der Waals surface area contributed by atoms with Crippen molar-refractivity contribution in [2.45, 2.75) is 12.7 Å². The van der Waals surface area contributed by atoms with Gasteiger partial charge >= 0.3 is 11.9 Å². The normalized spacial score (nSPS) is 11.8. The third kappa shape index (κ3) is 3.31. The Balaban J connectivity index is 1.81. The molecule has 0 aliphatic heterocycles. The van der Waals surface area contributed by atoms with Crippen molar-refractivity contribution in [3.8, 4) is 11.1 Å². The fourth-order valence-electron chi connectivity index (χ4n) is 2.80. The predicted octanol–water partition coefficient (Wildman–Crippen LogP) is 3.25. The van der Waals surface area contributed by atoms with Gasteiger partial charge in [0.05, 0.1) is 23.3 Å². The molecular formula is C18H12F3N5O. The summed E-state index contributed by atoms with van der Waals surface area (Å²) in [7, 11) is 0. The summed E-state index contributed by atoms with van der Waals surface area (Å²) in [6.07, 6.45) is -1.48. The minimum atomic E-state index is -4.43. The molecule has 0 bridgehead atoms. The molecule has 0 unspecified atom stereocenters. The third-order valence-electron chi connectivity index (χ3n) is 4.10. The molecule has 4 aromatic rings. The van der Waals surface area contributed by atoms with Gasteiger partial charge in [0.1, 0.15) is 0 Å². The lowest BCUT2D eigenvalue weighted by atomic mass is 10.0. The summed E-state index contributed by atoms with van der Waals surface area (Å²) in [6, 6.07) is 10.0. The summed E-state index contributed by atoms with van der Waals surface area (Å²) >= 11 is 0. The lowest BCUT2D eigenvalue weighted by Crippen LogP contribution is -2.18. The van der Waals surface area contributed by atoms with Crippen LogP contribution in [0.1, 0.15) is 11.3 Å². The summed E-state index contributed by atoms with van der Waals surface area (Å²) in [5.41, 5.74) is 1.10. The Morgan fingerprint density at radius 1 is 1.07 bits per heavy atom. The number of H-pyrrole nitrogens is 1. The molecule has 0 amide bonds.